The zero-order chi connectivity index (χ0) is 19.9. The molecule has 0 saturated carbocycles. The van der Waals surface area contributed by atoms with Crippen LogP contribution in [0.1, 0.15) is 25.0 Å². The Labute approximate surface area is 167 Å². The van der Waals surface area contributed by atoms with E-state index in [1.54, 1.807) is 0 Å². The molecule has 0 aromatic heterocycles. The van der Waals surface area contributed by atoms with Crippen molar-refractivity contribution in [3.63, 3.8) is 0 Å². The minimum absolute atomic E-state index is 0.128. The Morgan fingerprint density at radius 3 is 2.29 bits per heavy atom. The molecule has 1 atom stereocenters. The third-order valence-corrected chi connectivity index (χ3v) is 5.45. The number of anilines is 1. The SMILES string of the molecule is CCN(C(=O)[C@@H](C)N1CCN(Cc2ccc(C#N)cc2)CC1)c1ccccc1. The Morgan fingerprint density at radius 1 is 1.07 bits per heavy atom. The van der Waals surface area contributed by atoms with E-state index in [0.29, 0.717) is 12.1 Å². The van der Waals surface area contributed by atoms with Crippen LogP contribution in [0.3, 0.4) is 0 Å². The number of carbonyl (C=O) groups excluding carboxylic acids is 1. The fraction of sp³-hybridized carbons (Fsp3) is 0.391. The molecule has 5 nitrogen and oxygen atoms in total. The predicted octanol–water partition coefficient (Wildman–Crippen LogP) is 3.12. The van der Waals surface area contributed by atoms with Gasteiger partial charge < -0.3 is 4.90 Å². The van der Waals surface area contributed by atoms with Crippen LogP contribution in [0.25, 0.3) is 0 Å². The molecule has 1 saturated heterocycles. The maximum Gasteiger partial charge on any atom is 0.244 e. The van der Waals surface area contributed by atoms with Crippen LogP contribution in [0.4, 0.5) is 5.69 Å². The van der Waals surface area contributed by atoms with Crippen LogP contribution < -0.4 is 4.90 Å². The van der Waals surface area contributed by atoms with Gasteiger partial charge in [0.05, 0.1) is 17.7 Å². The highest BCUT2D eigenvalue weighted by Gasteiger charge is 2.28. The van der Waals surface area contributed by atoms with E-state index in [1.807, 2.05) is 73.3 Å². The van der Waals surface area contributed by atoms with Crippen molar-refractivity contribution in [1.29, 1.82) is 5.26 Å². The Kier molecular flexibility index (Phi) is 6.80. The minimum atomic E-state index is -0.128. The summed E-state index contributed by atoms with van der Waals surface area (Å²) in [6.45, 7) is 9.24. The highest BCUT2D eigenvalue weighted by atomic mass is 16.2. The van der Waals surface area contributed by atoms with Crippen LogP contribution >= 0.6 is 0 Å². The molecular formula is C23H28N4O. The van der Waals surface area contributed by atoms with Gasteiger partial charge in [-0.05, 0) is 43.7 Å². The smallest absolute Gasteiger partial charge is 0.244 e. The molecule has 0 bridgehead atoms. The highest BCUT2D eigenvalue weighted by Crippen LogP contribution is 2.17. The summed E-state index contributed by atoms with van der Waals surface area (Å²) < 4.78 is 0. The maximum absolute atomic E-state index is 13.1. The quantitative estimate of drug-likeness (QED) is 0.777. The van der Waals surface area contributed by atoms with E-state index in [-0.39, 0.29) is 11.9 Å². The van der Waals surface area contributed by atoms with E-state index in [2.05, 4.69) is 15.9 Å². The summed E-state index contributed by atoms with van der Waals surface area (Å²) in [5, 5.41) is 8.91. The van der Waals surface area contributed by atoms with Crippen LogP contribution in [0, 0.1) is 11.3 Å². The van der Waals surface area contributed by atoms with Gasteiger partial charge in [-0.2, -0.15) is 5.26 Å². The number of benzene rings is 2. The van der Waals surface area contributed by atoms with Crippen molar-refractivity contribution in [2.45, 2.75) is 26.4 Å². The average Bonchev–Trinajstić information content (AvgIpc) is 2.75. The van der Waals surface area contributed by atoms with E-state index in [0.717, 1.165) is 38.4 Å². The fourth-order valence-corrected chi connectivity index (χ4v) is 3.71. The molecular weight excluding hydrogens is 348 g/mol. The second-order valence-corrected chi connectivity index (χ2v) is 7.21. The van der Waals surface area contributed by atoms with Crippen LogP contribution in [0.2, 0.25) is 0 Å². The molecule has 2 aromatic rings. The summed E-state index contributed by atoms with van der Waals surface area (Å²) in [5.41, 5.74) is 2.87. The van der Waals surface area contributed by atoms with E-state index < -0.39 is 0 Å². The van der Waals surface area contributed by atoms with Crippen molar-refractivity contribution in [1.82, 2.24) is 9.80 Å². The largest absolute Gasteiger partial charge is 0.311 e. The number of piperazine rings is 1. The van der Waals surface area contributed by atoms with Gasteiger partial charge >= 0.3 is 0 Å². The number of rotatable bonds is 6. The van der Waals surface area contributed by atoms with Crippen LogP contribution in [-0.2, 0) is 11.3 Å². The molecule has 0 radical (unpaired) electrons. The first-order chi connectivity index (χ1) is 13.6. The standard InChI is InChI=1S/C23H28N4O/c1-3-27(22-7-5-4-6-8-22)23(28)19(2)26-15-13-25(14-16-26)18-21-11-9-20(17-24)10-12-21/h4-12,19H,3,13-16,18H2,1-2H3/t19-/m1/s1. The van der Waals surface area contributed by atoms with Crippen molar-refractivity contribution < 1.29 is 4.79 Å². The van der Waals surface area contributed by atoms with Crippen LogP contribution in [-0.4, -0.2) is 54.5 Å². The van der Waals surface area contributed by atoms with Crippen LogP contribution in [0.15, 0.2) is 54.6 Å². The topological polar surface area (TPSA) is 50.6 Å². The van der Waals surface area contributed by atoms with Gasteiger partial charge in [-0.15, -0.1) is 0 Å². The fourth-order valence-electron chi connectivity index (χ4n) is 3.71. The number of para-hydroxylation sites is 1. The zero-order valence-corrected chi connectivity index (χ0v) is 16.7. The lowest BCUT2D eigenvalue weighted by Gasteiger charge is -2.39. The summed E-state index contributed by atoms with van der Waals surface area (Å²) in [6, 6.07) is 19.7. The third-order valence-electron chi connectivity index (χ3n) is 5.45. The number of hydrogen-bond donors (Lipinski definition) is 0. The lowest BCUT2D eigenvalue weighted by molar-refractivity contribution is -0.124. The molecule has 28 heavy (non-hydrogen) atoms. The summed E-state index contributed by atoms with van der Waals surface area (Å²) in [6.07, 6.45) is 0. The lowest BCUT2D eigenvalue weighted by Crippen LogP contribution is -2.54. The molecule has 1 heterocycles. The molecule has 1 fully saturated rings. The third kappa shape index (κ3) is 4.78. The van der Waals surface area contributed by atoms with Gasteiger partial charge in [0.2, 0.25) is 5.91 Å². The van der Waals surface area contributed by atoms with Gasteiger partial charge in [-0.3, -0.25) is 14.6 Å². The monoisotopic (exact) mass is 376 g/mol. The molecule has 0 N–H and O–H groups in total. The molecule has 1 aliphatic rings. The Balaban J connectivity index is 1.54. The summed E-state index contributed by atoms with van der Waals surface area (Å²) in [4.78, 5) is 19.6. The molecule has 5 heteroatoms. The predicted molar refractivity (Wildman–Crippen MR) is 112 cm³/mol. The van der Waals surface area contributed by atoms with Crippen molar-refractivity contribution in [3.05, 3.63) is 65.7 Å². The van der Waals surface area contributed by atoms with E-state index >= 15 is 0 Å². The first kappa shape index (κ1) is 20.1. The van der Waals surface area contributed by atoms with Gasteiger partial charge in [0.25, 0.3) is 0 Å². The Bertz CT molecular complexity index is 805. The molecule has 1 aliphatic heterocycles. The van der Waals surface area contributed by atoms with Crippen LogP contribution in [0.5, 0.6) is 0 Å². The summed E-state index contributed by atoms with van der Waals surface area (Å²) in [5.74, 6) is 0.161. The molecule has 2 aromatic carbocycles. The number of amides is 1. The summed E-state index contributed by atoms with van der Waals surface area (Å²) >= 11 is 0. The number of nitriles is 1. The first-order valence-corrected chi connectivity index (χ1v) is 9.94. The molecule has 3 rings (SSSR count). The van der Waals surface area contributed by atoms with Gasteiger partial charge in [0, 0.05) is 45.0 Å². The molecule has 1 amide bonds. The molecule has 0 aliphatic carbocycles. The van der Waals surface area contributed by atoms with Crippen molar-refractivity contribution in [3.8, 4) is 6.07 Å². The zero-order valence-electron chi connectivity index (χ0n) is 16.7. The average molecular weight is 377 g/mol. The van der Waals surface area contributed by atoms with Crippen molar-refractivity contribution >= 4 is 11.6 Å². The van der Waals surface area contributed by atoms with E-state index in [9.17, 15) is 4.79 Å². The number of nitrogens with zero attached hydrogens (tertiary/aromatic N) is 4. The number of hydrogen-bond acceptors (Lipinski definition) is 4. The lowest BCUT2D eigenvalue weighted by atomic mass is 10.1. The van der Waals surface area contributed by atoms with Gasteiger partial charge in [0.15, 0.2) is 0 Å². The van der Waals surface area contributed by atoms with E-state index in [4.69, 9.17) is 5.26 Å². The number of carbonyl (C=O) groups is 1. The maximum atomic E-state index is 13.1. The van der Waals surface area contributed by atoms with Gasteiger partial charge in [0.1, 0.15) is 0 Å². The number of likely N-dealkylation sites (N-methyl/N-ethyl adjacent to an activating group) is 1. The molecule has 0 unspecified atom stereocenters. The van der Waals surface area contributed by atoms with E-state index in [1.165, 1.54) is 5.56 Å². The first-order valence-electron chi connectivity index (χ1n) is 9.94. The van der Waals surface area contributed by atoms with Crippen molar-refractivity contribution in [2.24, 2.45) is 0 Å². The molecule has 146 valence electrons. The molecule has 0 spiro atoms. The van der Waals surface area contributed by atoms with Gasteiger partial charge in [-0.25, -0.2) is 0 Å². The minimum Gasteiger partial charge on any atom is -0.311 e. The van der Waals surface area contributed by atoms with Gasteiger partial charge in [-0.1, -0.05) is 30.3 Å². The normalized spacial score (nSPS) is 16.3. The summed E-state index contributed by atoms with van der Waals surface area (Å²) in [7, 11) is 0. The Hall–Kier alpha value is -2.68. The Morgan fingerprint density at radius 2 is 1.71 bits per heavy atom. The second kappa shape index (κ2) is 9.50. The highest BCUT2D eigenvalue weighted by molar-refractivity contribution is 5.96. The van der Waals surface area contributed by atoms with Crippen molar-refractivity contribution in [2.75, 3.05) is 37.6 Å². The second-order valence-electron chi connectivity index (χ2n) is 7.21.